The fraction of sp³-hybridized carbons (Fsp3) is 0.467. The molecule has 38 heavy (non-hydrogen) atoms. The van der Waals surface area contributed by atoms with Gasteiger partial charge in [0.05, 0.1) is 11.9 Å². The third-order valence-corrected chi connectivity index (χ3v) is 8.67. The number of carbonyl (C=O) groups excluding carboxylic acids is 1. The molecular weight excluding hydrogens is 476 g/mol. The molecule has 3 N–H and O–H groups in total. The van der Waals surface area contributed by atoms with Crippen molar-refractivity contribution in [2.24, 2.45) is 0 Å². The van der Waals surface area contributed by atoms with Crippen LogP contribution in [0.1, 0.15) is 80.2 Å². The fourth-order valence-corrected chi connectivity index (χ4v) is 6.30. The molecule has 8 heteroatoms. The lowest BCUT2D eigenvalue weighted by atomic mass is 9.82. The van der Waals surface area contributed by atoms with Crippen LogP contribution in [-0.2, 0) is 4.79 Å². The third-order valence-electron chi connectivity index (χ3n) is 8.67. The molecule has 6 rings (SSSR count). The van der Waals surface area contributed by atoms with Gasteiger partial charge >= 0.3 is 0 Å². The number of amides is 1. The van der Waals surface area contributed by atoms with Gasteiger partial charge in [0.1, 0.15) is 11.4 Å². The summed E-state index contributed by atoms with van der Waals surface area (Å²) >= 11 is 0. The Balaban J connectivity index is 1.23. The average molecular weight is 513 g/mol. The number of anilines is 1. The molecule has 2 aliphatic carbocycles. The van der Waals surface area contributed by atoms with Crippen molar-refractivity contribution >= 4 is 17.4 Å². The number of fused-ring (bicyclic) bond motifs is 1. The van der Waals surface area contributed by atoms with Gasteiger partial charge in [0.2, 0.25) is 0 Å². The molecule has 3 aromatic rings. The molecule has 3 aromatic heterocycles. The quantitative estimate of drug-likeness (QED) is 0.525. The van der Waals surface area contributed by atoms with E-state index in [0.29, 0.717) is 37.7 Å². The summed E-state index contributed by atoms with van der Waals surface area (Å²) in [5.41, 5.74) is 10.9. The molecule has 0 aromatic carbocycles. The minimum atomic E-state index is -1.18. The highest BCUT2D eigenvalue weighted by Crippen LogP contribution is 2.36. The molecule has 0 radical (unpaired) electrons. The Bertz CT molecular complexity index is 1390. The monoisotopic (exact) mass is 512 g/mol. The van der Waals surface area contributed by atoms with E-state index in [-0.39, 0.29) is 11.8 Å². The van der Waals surface area contributed by atoms with Crippen LogP contribution in [0.15, 0.2) is 48.8 Å². The van der Waals surface area contributed by atoms with Gasteiger partial charge in [-0.15, -0.1) is 0 Å². The molecule has 2 fully saturated rings. The molecule has 1 saturated carbocycles. The molecule has 1 unspecified atom stereocenters. The molecule has 1 aliphatic heterocycles. The molecule has 1 saturated heterocycles. The van der Waals surface area contributed by atoms with Gasteiger partial charge in [0.15, 0.2) is 5.65 Å². The lowest BCUT2D eigenvalue weighted by Gasteiger charge is -2.39. The van der Waals surface area contributed by atoms with Crippen molar-refractivity contribution in [1.29, 1.82) is 0 Å². The number of allylic oxidation sites excluding steroid dienone is 4. The third kappa shape index (κ3) is 4.41. The maximum absolute atomic E-state index is 13.1. The van der Waals surface area contributed by atoms with Gasteiger partial charge in [-0.05, 0) is 45.1 Å². The van der Waals surface area contributed by atoms with Crippen molar-refractivity contribution in [2.45, 2.75) is 75.7 Å². The van der Waals surface area contributed by atoms with Gasteiger partial charge in [0.25, 0.3) is 5.91 Å². The Hall–Kier alpha value is -3.52. The van der Waals surface area contributed by atoms with E-state index >= 15 is 0 Å². The van der Waals surface area contributed by atoms with E-state index < -0.39 is 5.60 Å². The number of hydrogen-bond acceptors (Lipinski definition) is 6. The van der Waals surface area contributed by atoms with Crippen LogP contribution in [0, 0.1) is 6.92 Å². The minimum Gasteiger partial charge on any atom is -0.383 e. The van der Waals surface area contributed by atoms with Crippen LogP contribution < -0.4 is 5.73 Å². The first-order chi connectivity index (χ1) is 18.4. The molecule has 3 aliphatic rings. The molecule has 198 valence electrons. The Morgan fingerprint density at radius 2 is 1.89 bits per heavy atom. The van der Waals surface area contributed by atoms with Gasteiger partial charge in [-0.1, -0.05) is 49.6 Å². The second-order valence-corrected chi connectivity index (χ2v) is 11.1. The first-order valence-electron chi connectivity index (χ1n) is 13.9. The number of nitrogens with zero attached hydrogens (tertiary/aromatic N) is 5. The van der Waals surface area contributed by atoms with Crippen molar-refractivity contribution in [3.63, 3.8) is 0 Å². The van der Waals surface area contributed by atoms with E-state index in [4.69, 9.17) is 15.7 Å². The molecule has 1 atom stereocenters. The van der Waals surface area contributed by atoms with Crippen molar-refractivity contribution in [1.82, 2.24) is 24.5 Å². The van der Waals surface area contributed by atoms with Crippen LogP contribution in [0.2, 0.25) is 0 Å². The summed E-state index contributed by atoms with van der Waals surface area (Å²) in [6.07, 6.45) is 18.9. The highest BCUT2D eigenvalue weighted by atomic mass is 16.3. The Labute approximate surface area is 223 Å². The topological polar surface area (TPSA) is 110 Å². The predicted molar refractivity (Wildman–Crippen MR) is 148 cm³/mol. The van der Waals surface area contributed by atoms with Crippen LogP contribution in [0.4, 0.5) is 5.82 Å². The van der Waals surface area contributed by atoms with E-state index in [0.717, 1.165) is 72.3 Å². The van der Waals surface area contributed by atoms with E-state index in [2.05, 4.69) is 41.5 Å². The smallest absolute Gasteiger partial charge is 0.254 e. The van der Waals surface area contributed by atoms with Gasteiger partial charge in [-0.3, -0.25) is 9.78 Å². The van der Waals surface area contributed by atoms with E-state index in [1.54, 1.807) is 4.52 Å². The molecule has 1 amide bonds. The number of aromatic nitrogens is 4. The Kier molecular flexibility index (Phi) is 6.51. The number of hydrogen-bond donors (Lipinski definition) is 2. The van der Waals surface area contributed by atoms with Crippen molar-refractivity contribution < 1.29 is 9.90 Å². The van der Waals surface area contributed by atoms with E-state index in [1.807, 2.05) is 24.2 Å². The van der Waals surface area contributed by atoms with Crippen molar-refractivity contribution in [3.05, 3.63) is 65.8 Å². The predicted octanol–water partition coefficient (Wildman–Crippen LogP) is 4.68. The molecule has 8 nitrogen and oxygen atoms in total. The first kappa shape index (κ1) is 24.8. The number of nitrogen functional groups attached to an aromatic ring is 1. The number of aliphatic hydroxyl groups is 1. The Morgan fingerprint density at radius 1 is 1.11 bits per heavy atom. The number of likely N-dealkylation sites (tertiary alicyclic amines) is 1. The summed E-state index contributed by atoms with van der Waals surface area (Å²) in [5.74, 6) is 0.998. The number of carbonyl (C=O) groups is 1. The highest BCUT2D eigenvalue weighted by Gasteiger charge is 2.41. The van der Waals surface area contributed by atoms with Crippen LogP contribution in [0.3, 0.4) is 0 Å². The summed E-state index contributed by atoms with van der Waals surface area (Å²) in [6.45, 7) is 3.25. The number of pyridine rings is 1. The van der Waals surface area contributed by atoms with E-state index in [1.165, 1.54) is 0 Å². The standard InChI is InChI=1S/C30H36N6O2/c1-20-26(22-12-16-35(17-13-22)29(37)30(38)14-6-3-7-15-30)34-28-24(19-33-36(28)27(20)31)23-10-11-25(32-18-23)21-8-4-2-5-9-21/h2,4-5,8,10-11,18-19,21-22,38H,3,6-7,9,12-17,31H2,1H3. The minimum absolute atomic E-state index is 0.0935. The maximum atomic E-state index is 13.1. The van der Waals surface area contributed by atoms with Crippen LogP contribution >= 0.6 is 0 Å². The first-order valence-corrected chi connectivity index (χ1v) is 13.9. The number of rotatable bonds is 4. The molecule has 0 spiro atoms. The number of piperidine rings is 1. The Morgan fingerprint density at radius 3 is 2.58 bits per heavy atom. The van der Waals surface area contributed by atoms with Crippen LogP contribution in [0.25, 0.3) is 16.8 Å². The summed E-state index contributed by atoms with van der Waals surface area (Å²) in [7, 11) is 0. The summed E-state index contributed by atoms with van der Waals surface area (Å²) in [6, 6.07) is 4.17. The second kappa shape index (κ2) is 9.98. The lowest BCUT2D eigenvalue weighted by Crippen LogP contribution is -2.52. The summed E-state index contributed by atoms with van der Waals surface area (Å²) < 4.78 is 1.72. The molecule has 4 heterocycles. The van der Waals surface area contributed by atoms with Gasteiger partial charge in [-0.2, -0.15) is 9.61 Å². The van der Waals surface area contributed by atoms with Crippen LogP contribution in [-0.4, -0.2) is 54.2 Å². The second-order valence-electron chi connectivity index (χ2n) is 11.1. The normalized spacial score (nSPS) is 21.7. The summed E-state index contributed by atoms with van der Waals surface area (Å²) in [4.78, 5) is 24.8. The van der Waals surface area contributed by atoms with Crippen molar-refractivity contribution in [2.75, 3.05) is 18.8 Å². The highest BCUT2D eigenvalue weighted by molar-refractivity contribution is 5.85. The van der Waals surface area contributed by atoms with Gasteiger partial charge in [-0.25, -0.2) is 4.98 Å². The molecule has 0 bridgehead atoms. The zero-order valence-corrected chi connectivity index (χ0v) is 22.0. The zero-order valence-electron chi connectivity index (χ0n) is 22.0. The van der Waals surface area contributed by atoms with E-state index in [9.17, 15) is 9.90 Å². The fourth-order valence-electron chi connectivity index (χ4n) is 6.30. The van der Waals surface area contributed by atoms with Crippen molar-refractivity contribution in [3.8, 4) is 11.1 Å². The maximum Gasteiger partial charge on any atom is 0.254 e. The average Bonchev–Trinajstić information content (AvgIpc) is 3.40. The largest absolute Gasteiger partial charge is 0.383 e. The van der Waals surface area contributed by atoms with Gasteiger partial charge in [0, 0.05) is 53.5 Å². The number of nitrogens with two attached hydrogens (primary N) is 1. The molecular formula is C30H36N6O2. The van der Waals surface area contributed by atoms with Crippen LogP contribution in [0.5, 0.6) is 0 Å². The lowest BCUT2D eigenvalue weighted by molar-refractivity contribution is -0.155. The summed E-state index contributed by atoms with van der Waals surface area (Å²) in [5, 5.41) is 15.5. The SMILES string of the molecule is Cc1c(C2CCN(C(=O)C3(O)CCCCC3)CC2)nc2c(-c3ccc(C4C=CC=CC4)nc3)cnn2c1N. The van der Waals surface area contributed by atoms with Gasteiger partial charge < -0.3 is 15.7 Å². The zero-order chi connectivity index (χ0) is 26.3.